The first-order chi connectivity index (χ1) is 13.7. The number of anilines is 2. The van der Waals surface area contributed by atoms with Crippen LogP contribution in [0.2, 0.25) is 0 Å². The van der Waals surface area contributed by atoms with Crippen LogP contribution in [-0.4, -0.2) is 33.9 Å². The maximum absolute atomic E-state index is 12.0. The van der Waals surface area contributed by atoms with Gasteiger partial charge in [0.05, 0.1) is 17.6 Å². The molecule has 0 aliphatic rings. The first-order valence-corrected chi connectivity index (χ1v) is 9.24. The van der Waals surface area contributed by atoms with Crippen molar-refractivity contribution in [3.05, 3.63) is 71.8 Å². The zero-order chi connectivity index (χ0) is 19.1. The Hall–Kier alpha value is -3.79. The molecule has 138 valence electrons. The van der Waals surface area contributed by atoms with Crippen molar-refractivity contribution in [1.82, 2.24) is 33.9 Å². The molecule has 0 amide bonds. The third-order valence-electron chi connectivity index (χ3n) is 4.19. The van der Waals surface area contributed by atoms with Gasteiger partial charge in [0.15, 0.2) is 0 Å². The summed E-state index contributed by atoms with van der Waals surface area (Å²) in [6.45, 7) is 0. The number of nitrogens with one attached hydrogen (secondary N) is 1. The van der Waals surface area contributed by atoms with Crippen LogP contribution >= 0.6 is 11.3 Å². The van der Waals surface area contributed by atoms with Gasteiger partial charge in [0.2, 0.25) is 10.1 Å². The summed E-state index contributed by atoms with van der Waals surface area (Å²) in [5.74, 6) is 0. The molecule has 0 bridgehead atoms. The number of aromatic nitrogens is 7. The van der Waals surface area contributed by atoms with E-state index in [1.165, 1.54) is 26.9 Å². The third kappa shape index (κ3) is 2.85. The highest BCUT2D eigenvalue weighted by Crippen LogP contribution is 2.26. The van der Waals surface area contributed by atoms with E-state index in [0.29, 0.717) is 5.69 Å². The molecule has 5 rings (SSSR count). The second kappa shape index (κ2) is 6.43. The lowest BCUT2D eigenvalue weighted by atomic mass is 10.2. The predicted octanol–water partition coefficient (Wildman–Crippen LogP) is 2.48. The molecule has 0 aliphatic heterocycles. The number of pyridine rings is 1. The molecule has 9 nitrogen and oxygen atoms in total. The Morgan fingerprint density at radius 1 is 1.14 bits per heavy atom. The quantitative estimate of drug-likeness (QED) is 0.507. The number of benzene rings is 1. The Morgan fingerprint density at radius 3 is 2.68 bits per heavy atom. The molecule has 4 aromatic heterocycles. The number of aryl methyl sites for hydroxylation is 1. The first-order valence-electron chi connectivity index (χ1n) is 8.42. The lowest BCUT2D eigenvalue weighted by Crippen LogP contribution is -2.21. The number of nitrogens with zero attached hydrogens (tertiary/aromatic N) is 7. The lowest BCUT2D eigenvalue weighted by molar-refractivity contribution is 0.799. The molecule has 10 heteroatoms. The summed E-state index contributed by atoms with van der Waals surface area (Å²) >= 11 is 1.45. The second-order valence-electron chi connectivity index (χ2n) is 6.11. The van der Waals surface area contributed by atoms with Crippen molar-refractivity contribution in [2.45, 2.75) is 0 Å². The van der Waals surface area contributed by atoms with E-state index in [2.05, 4.69) is 25.5 Å². The SMILES string of the molecule is Cn1cnn(-c2ccc(Nc3nn4cc(-c5cccnc5)nc4s3)cc2)c1=O. The van der Waals surface area contributed by atoms with Crippen molar-refractivity contribution in [3.63, 3.8) is 0 Å². The summed E-state index contributed by atoms with van der Waals surface area (Å²) < 4.78 is 4.52. The largest absolute Gasteiger partial charge is 0.350 e. The van der Waals surface area contributed by atoms with Crippen molar-refractivity contribution >= 4 is 27.1 Å². The van der Waals surface area contributed by atoms with Gasteiger partial charge in [-0.15, -0.1) is 5.10 Å². The van der Waals surface area contributed by atoms with Crippen LogP contribution in [-0.2, 0) is 7.05 Å². The summed E-state index contributed by atoms with van der Waals surface area (Å²) in [7, 11) is 1.67. The van der Waals surface area contributed by atoms with Crippen LogP contribution in [0.1, 0.15) is 0 Å². The van der Waals surface area contributed by atoms with Gasteiger partial charge < -0.3 is 5.32 Å². The summed E-state index contributed by atoms with van der Waals surface area (Å²) in [5, 5.41) is 12.6. The fourth-order valence-corrected chi connectivity index (χ4v) is 3.57. The normalized spacial score (nSPS) is 11.2. The van der Waals surface area contributed by atoms with Gasteiger partial charge >= 0.3 is 5.69 Å². The van der Waals surface area contributed by atoms with E-state index in [1.807, 2.05) is 42.6 Å². The highest BCUT2D eigenvalue weighted by molar-refractivity contribution is 7.20. The Balaban J connectivity index is 1.37. The van der Waals surface area contributed by atoms with Crippen molar-refractivity contribution < 1.29 is 0 Å². The second-order valence-corrected chi connectivity index (χ2v) is 7.07. The Kier molecular flexibility index (Phi) is 3.76. The van der Waals surface area contributed by atoms with E-state index in [-0.39, 0.29) is 5.69 Å². The Bertz CT molecular complexity index is 1280. The van der Waals surface area contributed by atoms with Gasteiger partial charge in [-0.3, -0.25) is 9.55 Å². The zero-order valence-electron chi connectivity index (χ0n) is 14.7. The monoisotopic (exact) mass is 390 g/mol. The molecule has 5 aromatic rings. The van der Waals surface area contributed by atoms with Crippen LogP contribution in [0, 0.1) is 0 Å². The molecule has 1 N–H and O–H groups in total. The van der Waals surface area contributed by atoms with E-state index in [4.69, 9.17) is 0 Å². The smallest absolute Gasteiger partial charge is 0.330 e. The molecule has 0 fully saturated rings. The summed E-state index contributed by atoms with van der Waals surface area (Å²) in [4.78, 5) is 21.5. The average molecular weight is 390 g/mol. The van der Waals surface area contributed by atoms with Gasteiger partial charge in [0.1, 0.15) is 6.33 Å². The van der Waals surface area contributed by atoms with Gasteiger partial charge in [-0.05, 0) is 36.4 Å². The van der Waals surface area contributed by atoms with Gasteiger partial charge in [0, 0.05) is 30.7 Å². The maximum atomic E-state index is 12.0. The van der Waals surface area contributed by atoms with Crippen molar-refractivity contribution in [2.24, 2.45) is 7.05 Å². The van der Waals surface area contributed by atoms with E-state index in [0.717, 1.165) is 27.0 Å². The molecule has 1 aromatic carbocycles. The van der Waals surface area contributed by atoms with Gasteiger partial charge in [-0.1, -0.05) is 11.3 Å². The van der Waals surface area contributed by atoms with Crippen LogP contribution < -0.4 is 11.0 Å². The minimum Gasteiger partial charge on any atom is -0.330 e. The molecular formula is C18H14N8OS. The molecule has 0 radical (unpaired) electrons. The van der Waals surface area contributed by atoms with Crippen LogP contribution in [0.15, 0.2) is 66.1 Å². The average Bonchev–Trinajstić information content (AvgIpc) is 3.37. The standard InChI is InChI=1S/C18H14N8OS/c1-24-11-20-26(18(24)27)14-6-4-13(5-7-14)21-16-23-25-10-15(22-17(25)28-16)12-3-2-8-19-9-12/h2-11H,1H3,(H,21,23). The van der Waals surface area contributed by atoms with Gasteiger partial charge in [0.25, 0.3) is 0 Å². The molecule has 0 unspecified atom stereocenters. The fraction of sp³-hybridized carbons (Fsp3) is 0.0556. The molecule has 0 atom stereocenters. The van der Waals surface area contributed by atoms with E-state index in [1.54, 1.807) is 24.0 Å². The van der Waals surface area contributed by atoms with Crippen LogP contribution in [0.25, 0.3) is 21.9 Å². The highest BCUT2D eigenvalue weighted by atomic mass is 32.1. The topological polar surface area (TPSA) is 94.9 Å². The Labute approximate surface area is 162 Å². The minimum atomic E-state index is -0.189. The molecule has 0 aliphatic carbocycles. The number of hydrogen-bond donors (Lipinski definition) is 1. The zero-order valence-corrected chi connectivity index (χ0v) is 15.5. The number of fused-ring (bicyclic) bond motifs is 1. The first kappa shape index (κ1) is 16.4. The number of imidazole rings is 1. The van der Waals surface area contributed by atoms with Crippen LogP contribution in [0.3, 0.4) is 0 Å². The fourth-order valence-electron chi connectivity index (χ4n) is 2.77. The molecule has 4 heterocycles. The molecule has 28 heavy (non-hydrogen) atoms. The van der Waals surface area contributed by atoms with Crippen molar-refractivity contribution in [1.29, 1.82) is 0 Å². The molecule has 0 saturated carbocycles. The highest BCUT2D eigenvalue weighted by Gasteiger charge is 2.10. The maximum Gasteiger partial charge on any atom is 0.350 e. The molecule has 0 saturated heterocycles. The lowest BCUT2D eigenvalue weighted by Gasteiger charge is -2.04. The van der Waals surface area contributed by atoms with E-state index < -0.39 is 0 Å². The summed E-state index contributed by atoms with van der Waals surface area (Å²) in [6, 6.07) is 11.3. The third-order valence-corrected chi connectivity index (χ3v) is 5.02. The number of hydrogen-bond acceptors (Lipinski definition) is 7. The Morgan fingerprint density at radius 2 is 2.00 bits per heavy atom. The van der Waals surface area contributed by atoms with E-state index in [9.17, 15) is 4.79 Å². The predicted molar refractivity (Wildman–Crippen MR) is 106 cm³/mol. The van der Waals surface area contributed by atoms with Crippen molar-refractivity contribution in [3.8, 4) is 16.9 Å². The summed E-state index contributed by atoms with van der Waals surface area (Å²) in [5.41, 5.74) is 3.16. The van der Waals surface area contributed by atoms with E-state index >= 15 is 0 Å². The molecule has 0 spiro atoms. The summed E-state index contributed by atoms with van der Waals surface area (Å²) in [6.07, 6.45) is 6.88. The van der Waals surface area contributed by atoms with Gasteiger partial charge in [-0.25, -0.2) is 14.3 Å². The van der Waals surface area contributed by atoms with Gasteiger partial charge in [-0.2, -0.15) is 9.78 Å². The minimum absolute atomic E-state index is 0.189. The van der Waals surface area contributed by atoms with Crippen LogP contribution in [0.5, 0.6) is 0 Å². The molecular weight excluding hydrogens is 376 g/mol. The van der Waals surface area contributed by atoms with Crippen LogP contribution in [0.4, 0.5) is 10.8 Å². The van der Waals surface area contributed by atoms with Crippen molar-refractivity contribution in [2.75, 3.05) is 5.32 Å². The number of rotatable bonds is 4.